The van der Waals surface area contributed by atoms with Crippen LogP contribution in [0.5, 0.6) is 0 Å². The Bertz CT molecular complexity index is 2130. The number of fused-ring (bicyclic) bond motifs is 4. The molecule has 0 N–H and O–H groups in total. The van der Waals surface area contributed by atoms with E-state index in [1.54, 1.807) is 0 Å². The van der Waals surface area contributed by atoms with Crippen LogP contribution in [0, 0.1) is 6.92 Å². The van der Waals surface area contributed by atoms with Crippen LogP contribution in [0.4, 0.5) is 0 Å². The van der Waals surface area contributed by atoms with E-state index in [-0.39, 0.29) is 0 Å². The van der Waals surface area contributed by atoms with Gasteiger partial charge in [0.15, 0.2) is 0 Å². The van der Waals surface area contributed by atoms with Crippen molar-refractivity contribution in [2.45, 2.75) is 65.2 Å². The largest absolute Gasteiger partial charge is 0.314 e. The zero-order valence-electron chi connectivity index (χ0n) is 27.1. The van der Waals surface area contributed by atoms with Crippen molar-refractivity contribution in [1.29, 1.82) is 0 Å². The zero-order valence-corrected chi connectivity index (χ0v) is 27.1. The third kappa shape index (κ3) is 5.07. The fourth-order valence-electron chi connectivity index (χ4n) is 7.82. The van der Waals surface area contributed by atoms with Gasteiger partial charge in [0.05, 0.1) is 11.2 Å². The van der Waals surface area contributed by atoms with E-state index in [1.165, 1.54) is 97.6 Å². The van der Waals surface area contributed by atoms with E-state index in [2.05, 4.69) is 144 Å². The summed E-state index contributed by atoms with van der Waals surface area (Å²) >= 11 is 0. The van der Waals surface area contributed by atoms with Gasteiger partial charge in [-0.1, -0.05) is 104 Å². The quantitative estimate of drug-likeness (QED) is 0.154. The lowest BCUT2D eigenvalue weighted by Gasteiger charge is -2.21. The molecule has 0 atom stereocenters. The Morgan fingerprint density at radius 1 is 0.652 bits per heavy atom. The number of unbranched alkanes of at least 4 members (excludes halogenated alkanes) is 2. The minimum Gasteiger partial charge on any atom is -0.314 e. The summed E-state index contributed by atoms with van der Waals surface area (Å²) in [6, 6.07) is 38.6. The van der Waals surface area contributed by atoms with Crippen LogP contribution >= 0.6 is 0 Å². The smallest absolute Gasteiger partial charge is 0.0572 e. The normalized spacial score (nSPS) is 13.9. The van der Waals surface area contributed by atoms with Crippen molar-refractivity contribution >= 4 is 22.6 Å². The summed E-state index contributed by atoms with van der Waals surface area (Å²) in [5.41, 5.74) is 17.5. The number of para-hydroxylation sites is 1. The predicted molar refractivity (Wildman–Crippen MR) is 195 cm³/mol. The Balaban J connectivity index is 1.28. The Morgan fingerprint density at radius 2 is 1.39 bits per heavy atom. The number of hydrogen-bond acceptors (Lipinski definition) is 0. The maximum atomic E-state index is 2.57. The lowest BCUT2D eigenvalue weighted by atomic mass is 9.88. The van der Waals surface area contributed by atoms with Gasteiger partial charge in [0.2, 0.25) is 0 Å². The second kappa shape index (κ2) is 12.2. The number of allylic oxidation sites excluding steroid dienone is 2. The molecule has 2 nitrogen and oxygen atoms in total. The molecule has 2 aliphatic carbocycles. The Morgan fingerprint density at radius 3 is 2.24 bits per heavy atom. The highest BCUT2D eigenvalue weighted by Crippen LogP contribution is 2.42. The number of aromatic nitrogens is 2. The Labute approximate surface area is 273 Å². The average Bonchev–Trinajstić information content (AvgIpc) is 3.64. The summed E-state index contributed by atoms with van der Waals surface area (Å²) in [5.74, 6) is 0. The summed E-state index contributed by atoms with van der Waals surface area (Å²) in [6.45, 7) is 4.46. The summed E-state index contributed by atoms with van der Waals surface area (Å²) in [6.07, 6.45) is 16.4. The molecule has 0 saturated carbocycles. The van der Waals surface area contributed by atoms with Crippen LogP contribution < -0.4 is 0 Å². The second-order valence-electron chi connectivity index (χ2n) is 13.1. The molecule has 8 rings (SSSR count). The van der Waals surface area contributed by atoms with Gasteiger partial charge in [-0.3, -0.25) is 0 Å². The van der Waals surface area contributed by atoms with E-state index in [4.69, 9.17) is 0 Å². The van der Waals surface area contributed by atoms with Crippen molar-refractivity contribution in [2.75, 3.05) is 0 Å². The predicted octanol–water partition coefficient (Wildman–Crippen LogP) is 11.5. The van der Waals surface area contributed by atoms with E-state index < -0.39 is 0 Å². The van der Waals surface area contributed by atoms with Crippen molar-refractivity contribution in [1.82, 2.24) is 9.13 Å². The van der Waals surface area contributed by atoms with Gasteiger partial charge in [-0.15, -0.1) is 0 Å². The molecule has 4 aromatic carbocycles. The van der Waals surface area contributed by atoms with Gasteiger partial charge < -0.3 is 9.13 Å². The molecular weight excluding hydrogens is 556 g/mol. The van der Waals surface area contributed by atoms with Crippen LogP contribution in [0.1, 0.15) is 78.4 Å². The number of hydrogen-bond donors (Lipinski definition) is 0. The first-order chi connectivity index (χ1) is 22.7. The van der Waals surface area contributed by atoms with E-state index in [1.807, 2.05) is 0 Å². The molecule has 0 aliphatic heterocycles. The maximum Gasteiger partial charge on any atom is 0.0572 e. The minimum absolute atomic E-state index is 1.07. The van der Waals surface area contributed by atoms with Gasteiger partial charge >= 0.3 is 0 Å². The van der Waals surface area contributed by atoms with Gasteiger partial charge in [0.1, 0.15) is 0 Å². The van der Waals surface area contributed by atoms with Crippen LogP contribution in [0.2, 0.25) is 0 Å². The third-order valence-electron chi connectivity index (χ3n) is 9.95. The monoisotopic (exact) mass is 598 g/mol. The average molecular weight is 599 g/mol. The van der Waals surface area contributed by atoms with Gasteiger partial charge in [0, 0.05) is 33.7 Å². The van der Waals surface area contributed by atoms with Crippen molar-refractivity contribution in [3.8, 4) is 22.5 Å². The lowest BCUT2D eigenvalue weighted by Crippen LogP contribution is -2.08. The zero-order chi connectivity index (χ0) is 31.0. The van der Waals surface area contributed by atoms with Gasteiger partial charge in [-0.2, -0.15) is 0 Å². The van der Waals surface area contributed by atoms with Crippen LogP contribution in [0.15, 0.2) is 115 Å². The minimum atomic E-state index is 1.07. The van der Waals surface area contributed by atoms with Gasteiger partial charge in [0.25, 0.3) is 0 Å². The van der Waals surface area contributed by atoms with E-state index in [9.17, 15) is 0 Å². The van der Waals surface area contributed by atoms with Gasteiger partial charge in [-0.25, -0.2) is 0 Å². The van der Waals surface area contributed by atoms with Crippen LogP contribution in [0.3, 0.4) is 0 Å². The van der Waals surface area contributed by atoms with Crippen LogP contribution in [0.25, 0.3) is 45.1 Å². The summed E-state index contributed by atoms with van der Waals surface area (Å²) in [7, 11) is 0. The van der Waals surface area contributed by atoms with Crippen LogP contribution in [-0.2, 0) is 19.3 Å². The van der Waals surface area contributed by atoms with Gasteiger partial charge in [-0.05, 0) is 116 Å². The number of aryl methyl sites for hydroxylation is 2. The lowest BCUT2D eigenvalue weighted by molar-refractivity contribution is 0.701. The molecule has 2 aliphatic rings. The summed E-state index contributed by atoms with van der Waals surface area (Å²) in [4.78, 5) is 0. The number of benzene rings is 4. The van der Waals surface area contributed by atoms with Crippen LogP contribution in [-0.4, -0.2) is 9.13 Å². The Kier molecular flexibility index (Phi) is 7.58. The fraction of sp³-hybridized carbons (Fsp3) is 0.227. The van der Waals surface area contributed by atoms with Crippen molar-refractivity contribution in [2.24, 2.45) is 0 Å². The number of rotatable bonds is 8. The molecule has 0 radical (unpaired) electrons. The second-order valence-corrected chi connectivity index (χ2v) is 13.1. The summed E-state index contributed by atoms with van der Waals surface area (Å²) in [5, 5.41) is 1.32. The first-order valence-electron chi connectivity index (χ1n) is 17.2. The molecule has 0 fully saturated rings. The molecule has 0 amide bonds. The Hall–Kier alpha value is -4.82. The molecule has 0 spiro atoms. The van der Waals surface area contributed by atoms with E-state index >= 15 is 0 Å². The molecule has 6 aromatic rings. The first kappa shape index (κ1) is 28.6. The van der Waals surface area contributed by atoms with Crippen molar-refractivity contribution < 1.29 is 0 Å². The molecule has 0 unspecified atom stereocenters. The highest BCUT2D eigenvalue weighted by Gasteiger charge is 2.28. The topological polar surface area (TPSA) is 9.86 Å². The third-order valence-corrected chi connectivity index (χ3v) is 9.95. The highest BCUT2D eigenvalue weighted by atomic mass is 15.0. The molecule has 2 aromatic heterocycles. The molecule has 0 bridgehead atoms. The van der Waals surface area contributed by atoms with Crippen molar-refractivity contribution in [3.63, 3.8) is 0 Å². The molecule has 46 heavy (non-hydrogen) atoms. The van der Waals surface area contributed by atoms with E-state index in [0.29, 0.717) is 0 Å². The standard InChI is InChI=1S/C44H42N2/c1-3-4-5-19-36-30-35-15-6-8-25-42(35)45(36)37-20-12-18-34(29-37)39-23-13-24-41-40-22-7-9-26-43(40)46(44(39)41)38-21-11-17-33(28-38)32-16-10-14-31(2)27-32/h6,8-12,14-18,20-21,23,25-30H,3-5,7,13,19,22,24H2,1-2H3. The van der Waals surface area contributed by atoms with E-state index in [0.717, 1.165) is 32.1 Å². The fourth-order valence-corrected chi connectivity index (χ4v) is 7.82. The SMILES string of the molecule is CCCCCc1cc2ccccc2n1-c1cccc(C2=CCCc3c4c(n(-c5cccc(-c6cccc(C)c6)c5)c32)C=CCC4)c1. The highest BCUT2D eigenvalue weighted by molar-refractivity contribution is 5.87. The van der Waals surface area contributed by atoms with Crippen molar-refractivity contribution in [3.05, 3.63) is 155 Å². The molecule has 0 saturated heterocycles. The maximum absolute atomic E-state index is 2.57. The molecule has 2 heterocycles. The molecule has 228 valence electrons. The molecule has 2 heteroatoms. The number of nitrogens with zero attached hydrogens (tertiary/aromatic N) is 2. The first-order valence-corrected chi connectivity index (χ1v) is 17.2. The summed E-state index contributed by atoms with van der Waals surface area (Å²) < 4.78 is 5.08. The molecular formula is C44H42N2.